The second kappa shape index (κ2) is 9.08. The van der Waals surface area contributed by atoms with Gasteiger partial charge in [-0.2, -0.15) is 0 Å². The van der Waals surface area contributed by atoms with Gasteiger partial charge in [0, 0.05) is 50.9 Å². The molecule has 3 heterocycles. The monoisotopic (exact) mass is 411 g/mol. The van der Waals surface area contributed by atoms with Gasteiger partial charge < -0.3 is 10.2 Å². The zero-order chi connectivity index (χ0) is 21.1. The van der Waals surface area contributed by atoms with Crippen molar-refractivity contribution in [3.8, 4) is 0 Å². The van der Waals surface area contributed by atoms with E-state index < -0.39 is 0 Å². The van der Waals surface area contributed by atoms with Crippen LogP contribution < -0.4 is 10.2 Å². The van der Waals surface area contributed by atoms with Crippen LogP contribution in [0.15, 0.2) is 36.5 Å². The number of likely N-dealkylation sites (tertiary alicyclic amines) is 1. The SMILES string of the molecule is CC(C)NC(=O)[C@H]1CN(Cc2cccc(F)c2)C[C@@H]1c1ccnc(N2CCCC2)n1. The van der Waals surface area contributed by atoms with Crippen molar-refractivity contribution < 1.29 is 9.18 Å². The fourth-order valence-corrected chi connectivity index (χ4v) is 4.50. The van der Waals surface area contributed by atoms with Gasteiger partial charge in [-0.1, -0.05) is 12.1 Å². The van der Waals surface area contributed by atoms with Crippen molar-refractivity contribution in [1.82, 2.24) is 20.2 Å². The lowest BCUT2D eigenvalue weighted by molar-refractivity contribution is -0.125. The Labute approximate surface area is 177 Å². The minimum absolute atomic E-state index is 0.0123. The van der Waals surface area contributed by atoms with Gasteiger partial charge in [-0.15, -0.1) is 0 Å². The fourth-order valence-electron chi connectivity index (χ4n) is 4.50. The van der Waals surface area contributed by atoms with Crippen molar-refractivity contribution >= 4 is 11.9 Å². The van der Waals surface area contributed by atoms with Crippen LogP contribution in [-0.2, 0) is 11.3 Å². The standard InChI is InChI=1S/C23H30FN5O/c1-16(2)26-22(30)20-15-28(13-17-6-5-7-18(24)12-17)14-19(20)21-8-9-25-23(27-21)29-10-3-4-11-29/h5-9,12,16,19-20H,3-4,10-11,13-15H2,1-2H3,(H,26,30)/t19-,20-/m0/s1. The number of nitrogens with one attached hydrogen (secondary N) is 1. The van der Waals surface area contributed by atoms with E-state index in [4.69, 9.17) is 4.98 Å². The van der Waals surface area contributed by atoms with Crippen LogP contribution in [0.3, 0.4) is 0 Å². The maximum atomic E-state index is 13.6. The Balaban J connectivity index is 1.56. The molecule has 2 aliphatic rings. The predicted octanol–water partition coefficient (Wildman–Crippen LogP) is 2.96. The first kappa shape index (κ1) is 20.7. The van der Waals surface area contributed by atoms with E-state index in [9.17, 15) is 9.18 Å². The summed E-state index contributed by atoms with van der Waals surface area (Å²) in [4.78, 5) is 26.7. The number of rotatable bonds is 6. The van der Waals surface area contributed by atoms with E-state index in [0.29, 0.717) is 19.6 Å². The van der Waals surface area contributed by atoms with Crippen molar-refractivity contribution in [3.05, 3.63) is 53.6 Å². The number of halogens is 1. The predicted molar refractivity (Wildman–Crippen MR) is 115 cm³/mol. The smallest absolute Gasteiger partial charge is 0.225 e. The van der Waals surface area contributed by atoms with Crippen LogP contribution in [0.4, 0.5) is 10.3 Å². The van der Waals surface area contributed by atoms with E-state index in [1.165, 1.54) is 6.07 Å². The minimum Gasteiger partial charge on any atom is -0.354 e. The van der Waals surface area contributed by atoms with Gasteiger partial charge in [0.05, 0.1) is 11.6 Å². The van der Waals surface area contributed by atoms with Crippen LogP contribution in [-0.4, -0.2) is 53.0 Å². The average Bonchev–Trinajstić information content (AvgIpc) is 3.38. The lowest BCUT2D eigenvalue weighted by atomic mass is 9.91. The van der Waals surface area contributed by atoms with Crippen LogP contribution in [0, 0.1) is 11.7 Å². The number of nitrogens with zero attached hydrogens (tertiary/aromatic N) is 4. The van der Waals surface area contributed by atoms with E-state index in [0.717, 1.165) is 43.1 Å². The zero-order valence-corrected chi connectivity index (χ0v) is 17.7. The van der Waals surface area contributed by atoms with E-state index in [-0.39, 0.29) is 29.6 Å². The van der Waals surface area contributed by atoms with Crippen molar-refractivity contribution in [2.75, 3.05) is 31.1 Å². The number of aromatic nitrogens is 2. The molecule has 6 nitrogen and oxygen atoms in total. The molecule has 1 aromatic carbocycles. The van der Waals surface area contributed by atoms with Gasteiger partial charge in [-0.05, 0) is 50.5 Å². The number of carbonyl (C=O) groups excluding carboxylic acids is 1. The minimum atomic E-state index is -0.233. The number of anilines is 1. The summed E-state index contributed by atoms with van der Waals surface area (Å²) in [5, 5.41) is 3.07. The third-order valence-electron chi connectivity index (χ3n) is 5.89. The maximum Gasteiger partial charge on any atom is 0.225 e. The summed E-state index contributed by atoms with van der Waals surface area (Å²) in [7, 11) is 0. The van der Waals surface area contributed by atoms with Gasteiger partial charge in [0.25, 0.3) is 0 Å². The van der Waals surface area contributed by atoms with E-state index >= 15 is 0 Å². The van der Waals surface area contributed by atoms with Crippen molar-refractivity contribution in [3.63, 3.8) is 0 Å². The first-order chi connectivity index (χ1) is 14.5. The Morgan fingerprint density at radius 1 is 1.23 bits per heavy atom. The highest BCUT2D eigenvalue weighted by Gasteiger charge is 2.39. The lowest BCUT2D eigenvalue weighted by Crippen LogP contribution is -2.38. The lowest BCUT2D eigenvalue weighted by Gasteiger charge is -2.21. The molecule has 7 heteroatoms. The number of carbonyl (C=O) groups is 1. The fraction of sp³-hybridized carbons (Fsp3) is 0.522. The first-order valence-corrected chi connectivity index (χ1v) is 10.8. The molecule has 1 amide bonds. The molecule has 0 spiro atoms. The highest BCUT2D eigenvalue weighted by atomic mass is 19.1. The molecule has 2 aromatic rings. The molecular weight excluding hydrogens is 381 g/mol. The van der Waals surface area contributed by atoms with Gasteiger partial charge in [0.2, 0.25) is 11.9 Å². The highest BCUT2D eigenvalue weighted by molar-refractivity contribution is 5.80. The summed E-state index contributed by atoms with van der Waals surface area (Å²) >= 11 is 0. The number of hydrogen-bond acceptors (Lipinski definition) is 5. The first-order valence-electron chi connectivity index (χ1n) is 10.8. The largest absolute Gasteiger partial charge is 0.354 e. The van der Waals surface area contributed by atoms with Crippen LogP contribution in [0.25, 0.3) is 0 Å². The van der Waals surface area contributed by atoms with Crippen LogP contribution in [0.5, 0.6) is 0 Å². The molecule has 0 unspecified atom stereocenters. The summed E-state index contributed by atoms with van der Waals surface area (Å²) in [6.45, 7) is 7.87. The molecule has 0 saturated carbocycles. The zero-order valence-electron chi connectivity index (χ0n) is 17.7. The molecule has 160 valence electrons. The van der Waals surface area contributed by atoms with E-state index in [1.807, 2.05) is 32.2 Å². The highest BCUT2D eigenvalue weighted by Crippen LogP contribution is 2.33. The molecule has 2 atom stereocenters. The summed E-state index contributed by atoms with van der Waals surface area (Å²) < 4.78 is 13.6. The van der Waals surface area contributed by atoms with E-state index in [2.05, 4.69) is 20.1 Å². The van der Waals surface area contributed by atoms with Crippen LogP contribution in [0.1, 0.15) is 43.9 Å². The number of benzene rings is 1. The van der Waals surface area contributed by atoms with Gasteiger partial charge in [0.1, 0.15) is 5.82 Å². The Morgan fingerprint density at radius 3 is 2.77 bits per heavy atom. The second-order valence-electron chi connectivity index (χ2n) is 8.68. The normalized spacial score (nSPS) is 22.1. The average molecular weight is 412 g/mol. The third kappa shape index (κ3) is 4.78. The van der Waals surface area contributed by atoms with Crippen molar-refractivity contribution in [2.45, 2.75) is 45.2 Å². The molecule has 2 fully saturated rings. The summed E-state index contributed by atoms with van der Waals surface area (Å²) in [5.74, 6) is 0.377. The number of amides is 1. The summed E-state index contributed by atoms with van der Waals surface area (Å²) in [6, 6.07) is 8.69. The second-order valence-corrected chi connectivity index (χ2v) is 8.68. The van der Waals surface area contributed by atoms with Gasteiger partial charge in [0.15, 0.2) is 0 Å². The van der Waals surface area contributed by atoms with Gasteiger partial charge in [-0.25, -0.2) is 14.4 Å². The number of hydrogen-bond donors (Lipinski definition) is 1. The Kier molecular flexibility index (Phi) is 6.27. The molecule has 2 saturated heterocycles. The quantitative estimate of drug-likeness (QED) is 0.792. The molecule has 30 heavy (non-hydrogen) atoms. The Hall–Kier alpha value is -2.54. The molecule has 1 N–H and O–H groups in total. The van der Waals surface area contributed by atoms with Crippen molar-refractivity contribution in [1.29, 1.82) is 0 Å². The third-order valence-corrected chi connectivity index (χ3v) is 5.89. The molecule has 4 rings (SSSR count). The van der Waals surface area contributed by atoms with E-state index in [1.54, 1.807) is 12.1 Å². The van der Waals surface area contributed by atoms with Gasteiger partial charge >= 0.3 is 0 Å². The molecule has 1 aromatic heterocycles. The summed E-state index contributed by atoms with van der Waals surface area (Å²) in [6.07, 6.45) is 4.14. The summed E-state index contributed by atoms with van der Waals surface area (Å²) in [5.41, 5.74) is 1.83. The molecule has 2 aliphatic heterocycles. The Bertz CT molecular complexity index is 883. The maximum absolute atomic E-state index is 13.6. The van der Waals surface area contributed by atoms with Crippen LogP contribution in [0.2, 0.25) is 0 Å². The molecule has 0 bridgehead atoms. The Morgan fingerprint density at radius 2 is 2.03 bits per heavy atom. The molecular formula is C23H30FN5O. The molecule has 0 aliphatic carbocycles. The van der Waals surface area contributed by atoms with Gasteiger partial charge in [-0.3, -0.25) is 9.69 Å². The van der Waals surface area contributed by atoms with Crippen LogP contribution >= 0.6 is 0 Å². The molecule has 0 radical (unpaired) electrons. The van der Waals surface area contributed by atoms with Crippen molar-refractivity contribution in [2.24, 2.45) is 5.92 Å². The topological polar surface area (TPSA) is 61.4 Å².